The van der Waals surface area contributed by atoms with E-state index in [1.807, 2.05) is 6.92 Å². The number of anilines is 1. The van der Waals surface area contributed by atoms with Crippen LogP contribution >= 0.6 is 0 Å². The highest BCUT2D eigenvalue weighted by Gasteiger charge is 2.28. The zero-order valence-corrected chi connectivity index (χ0v) is 11.8. The number of nitrogens with one attached hydrogen (secondary N) is 1. The van der Waals surface area contributed by atoms with Crippen molar-refractivity contribution in [1.82, 2.24) is 9.97 Å². The molecule has 1 aliphatic rings. The van der Waals surface area contributed by atoms with Crippen LogP contribution in [0.2, 0.25) is 0 Å². The minimum Gasteiger partial charge on any atom is -0.438 e. The fourth-order valence-electron chi connectivity index (χ4n) is 2.03. The molecule has 0 radical (unpaired) electrons. The van der Waals surface area contributed by atoms with E-state index in [2.05, 4.69) is 15.3 Å². The molecule has 0 bridgehead atoms. The zero-order valence-electron chi connectivity index (χ0n) is 11.8. The minimum atomic E-state index is -0.949. The average molecular weight is 291 g/mol. The molecule has 2 aromatic rings. The Morgan fingerprint density at radius 2 is 1.95 bits per heavy atom. The van der Waals surface area contributed by atoms with Crippen LogP contribution < -0.4 is 10.1 Å². The lowest BCUT2D eigenvalue weighted by Crippen LogP contribution is -2.04. The third-order valence-electron chi connectivity index (χ3n) is 3.40. The maximum atomic E-state index is 13.2. The summed E-state index contributed by atoms with van der Waals surface area (Å²) in [5.41, 5.74) is 0.728. The molecular weight excluding hydrogens is 276 g/mol. The largest absolute Gasteiger partial charge is 0.438 e. The third kappa shape index (κ3) is 2.79. The predicted molar refractivity (Wildman–Crippen MR) is 74.7 cm³/mol. The van der Waals surface area contributed by atoms with Gasteiger partial charge in [-0.25, -0.2) is 13.8 Å². The number of ether oxygens (including phenoxy) is 1. The van der Waals surface area contributed by atoms with Crippen LogP contribution in [0.15, 0.2) is 18.2 Å². The molecule has 1 fully saturated rings. The van der Waals surface area contributed by atoms with Gasteiger partial charge in [-0.2, -0.15) is 4.98 Å². The van der Waals surface area contributed by atoms with Gasteiger partial charge in [0.2, 0.25) is 5.88 Å². The first-order valence-corrected chi connectivity index (χ1v) is 6.77. The van der Waals surface area contributed by atoms with Crippen LogP contribution in [0.3, 0.4) is 0 Å². The van der Waals surface area contributed by atoms with Gasteiger partial charge in [0.1, 0.15) is 17.4 Å². The summed E-state index contributed by atoms with van der Waals surface area (Å²) in [6, 6.07) is 3.41. The average Bonchev–Trinajstić information content (AvgIpc) is 3.29. The SMILES string of the molecule is CNc1nc(C2CC2)nc(Oc2ccc(F)c(F)c2)c1C. The van der Waals surface area contributed by atoms with Gasteiger partial charge in [-0.3, -0.25) is 0 Å². The molecule has 1 N–H and O–H groups in total. The number of aromatic nitrogens is 2. The quantitative estimate of drug-likeness (QED) is 0.931. The van der Waals surface area contributed by atoms with Crippen LogP contribution in [0, 0.1) is 18.6 Å². The van der Waals surface area contributed by atoms with Crippen LogP contribution in [-0.2, 0) is 0 Å². The smallest absolute Gasteiger partial charge is 0.227 e. The van der Waals surface area contributed by atoms with Gasteiger partial charge in [0.25, 0.3) is 0 Å². The topological polar surface area (TPSA) is 47.0 Å². The Bertz CT molecular complexity index is 687. The highest BCUT2D eigenvalue weighted by atomic mass is 19.2. The van der Waals surface area contributed by atoms with Crippen molar-refractivity contribution >= 4 is 5.82 Å². The summed E-state index contributed by atoms with van der Waals surface area (Å²) in [4.78, 5) is 8.85. The molecule has 6 heteroatoms. The van der Waals surface area contributed by atoms with E-state index in [4.69, 9.17) is 4.74 Å². The molecule has 3 rings (SSSR count). The van der Waals surface area contributed by atoms with E-state index in [0.29, 0.717) is 17.6 Å². The summed E-state index contributed by atoms with van der Waals surface area (Å²) in [5.74, 6) is 0.491. The van der Waals surface area contributed by atoms with Gasteiger partial charge in [-0.1, -0.05) is 0 Å². The highest BCUT2D eigenvalue weighted by Crippen LogP contribution is 2.40. The van der Waals surface area contributed by atoms with Gasteiger partial charge in [-0.15, -0.1) is 0 Å². The first-order valence-electron chi connectivity index (χ1n) is 6.77. The summed E-state index contributed by atoms with van der Waals surface area (Å²) >= 11 is 0. The third-order valence-corrected chi connectivity index (χ3v) is 3.40. The summed E-state index contributed by atoms with van der Waals surface area (Å²) in [7, 11) is 1.77. The summed E-state index contributed by atoms with van der Waals surface area (Å²) in [6.45, 7) is 1.82. The van der Waals surface area contributed by atoms with Crippen LogP contribution in [0.1, 0.15) is 30.1 Å². The number of benzene rings is 1. The lowest BCUT2D eigenvalue weighted by atomic mass is 10.3. The van der Waals surface area contributed by atoms with Crippen LogP contribution in [0.5, 0.6) is 11.6 Å². The Morgan fingerprint density at radius 3 is 2.57 bits per heavy atom. The van der Waals surface area contributed by atoms with Crippen molar-refractivity contribution in [2.75, 3.05) is 12.4 Å². The lowest BCUT2D eigenvalue weighted by molar-refractivity contribution is 0.441. The van der Waals surface area contributed by atoms with E-state index in [1.54, 1.807) is 7.05 Å². The second kappa shape index (κ2) is 5.27. The van der Waals surface area contributed by atoms with Crippen molar-refractivity contribution in [3.05, 3.63) is 41.2 Å². The van der Waals surface area contributed by atoms with Gasteiger partial charge in [0.05, 0.1) is 5.56 Å². The Kier molecular flexibility index (Phi) is 3.45. The molecule has 0 unspecified atom stereocenters. The molecule has 0 spiro atoms. The fraction of sp³-hybridized carbons (Fsp3) is 0.333. The first-order chi connectivity index (χ1) is 10.1. The molecule has 0 atom stereocenters. The number of nitrogens with zero attached hydrogens (tertiary/aromatic N) is 2. The maximum absolute atomic E-state index is 13.2. The Labute approximate surface area is 121 Å². The second-order valence-corrected chi connectivity index (χ2v) is 5.06. The number of hydrogen-bond donors (Lipinski definition) is 1. The monoisotopic (exact) mass is 291 g/mol. The van der Waals surface area contributed by atoms with Gasteiger partial charge < -0.3 is 10.1 Å². The van der Waals surface area contributed by atoms with Crippen molar-refractivity contribution in [2.24, 2.45) is 0 Å². The molecule has 1 aliphatic carbocycles. The van der Waals surface area contributed by atoms with E-state index in [0.717, 1.165) is 36.4 Å². The standard InChI is InChI=1S/C15H15F2N3O/c1-8-13(18-2)19-14(9-3-4-9)20-15(8)21-10-5-6-11(16)12(17)7-10/h5-7,9H,3-4H2,1-2H3,(H,18,19,20). The van der Waals surface area contributed by atoms with E-state index in [9.17, 15) is 8.78 Å². The number of rotatable bonds is 4. The van der Waals surface area contributed by atoms with Gasteiger partial charge in [0.15, 0.2) is 11.6 Å². The molecule has 1 saturated carbocycles. The summed E-state index contributed by atoms with van der Waals surface area (Å²) in [6.07, 6.45) is 2.13. The van der Waals surface area contributed by atoms with Crippen molar-refractivity contribution in [3.8, 4) is 11.6 Å². The van der Waals surface area contributed by atoms with Gasteiger partial charge in [0, 0.05) is 19.0 Å². The Balaban J connectivity index is 1.96. The first kappa shape index (κ1) is 13.7. The van der Waals surface area contributed by atoms with Crippen molar-refractivity contribution in [1.29, 1.82) is 0 Å². The molecule has 1 aromatic heterocycles. The van der Waals surface area contributed by atoms with E-state index < -0.39 is 11.6 Å². The van der Waals surface area contributed by atoms with Crippen LogP contribution in [-0.4, -0.2) is 17.0 Å². The fourth-order valence-corrected chi connectivity index (χ4v) is 2.03. The van der Waals surface area contributed by atoms with Crippen molar-refractivity contribution in [2.45, 2.75) is 25.7 Å². The van der Waals surface area contributed by atoms with Crippen LogP contribution in [0.4, 0.5) is 14.6 Å². The summed E-state index contributed by atoms with van der Waals surface area (Å²) < 4.78 is 31.8. The van der Waals surface area contributed by atoms with E-state index in [-0.39, 0.29) is 5.75 Å². The number of halogens is 2. The van der Waals surface area contributed by atoms with Crippen LogP contribution in [0.25, 0.3) is 0 Å². The molecule has 0 saturated heterocycles. The molecule has 110 valence electrons. The Morgan fingerprint density at radius 1 is 1.19 bits per heavy atom. The van der Waals surface area contributed by atoms with Crippen molar-refractivity contribution < 1.29 is 13.5 Å². The molecule has 0 amide bonds. The zero-order chi connectivity index (χ0) is 15.0. The predicted octanol–water partition coefficient (Wildman–Crippen LogP) is 3.77. The number of hydrogen-bond acceptors (Lipinski definition) is 4. The second-order valence-electron chi connectivity index (χ2n) is 5.06. The highest BCUT2D eigenvalue weighted by molar-refractivity contribution is 5.49. The van der Waals surface area contributed by atoms with E-state index in [1.165, 1.54) is 6.07 Å². The van der Waals surface area contributed by atoms with Crippen molar-refractivity contribution in [3.63, 3.8) is 0 Å². The normalized spacial score (nSPS) is 14.1. The molecule has 1 aromatic carbocycles. The Hall–Kier alpha value is -2.24. The molecule has 21 heavy (non-hydrogen) atoms. The van der Waals surface area contributed by atoms with Gasteiger partial charge in [-0.05, 0) is 31.9 Å². The lowest BCUT2D eigenvalue weighted by Gasteiger charge is -2.12. The van der Waals surface area contributed by atoms with E-state index >= 15 is 0 Å². The summed E-state index contributed by atoms with van der Waals surface area (Å²) in [5, 5.41) is 3.00. The molecule has 0 aliphatic heterocycles. The molecule has 4 nitrogen and oxygen atoms in total. The molecule has 1 heterocycles. The van der Waals surface area contributed by atoms with Gasteiger partial charge >= 0.3 is 0 Å². The molecular formula is C15H15F2N3O. The maximum Gasteiger partial charge on any atom is 0.227 e. The minimum absolute atomic E-state index is 0.208.